The number of rotatable bonds is 8. The third-order valence-electron chi connectivity index (χ3n) is 3.70. The number of hydrogen-bond acceptors (Lipinski definition) is 3. The van der Waals surface area contributed by atoms with Gasteiger partial charge in [0.1, 0.15) is 5.82 Å². The minimum atomic E-state index is -0.146. The molecule has 0 amide bonds. The van der Waals surface area contributed by atoms with Crippen LogP contribution in [0, 0.1) is 18.7 Å². The average molecular weight is 296 g/mol. The molecule has 0 fully saturated rings. The van der Waals surface area contributed by atoms with Gasteiger partial charge in [0.25, 0.3) is 0 Å². The van der Waals surface area contributed by atoms with Crippen molar-refractivity contribution in [3.05, 3.63) is 29.1 Å². The largest absolute Gasteiger partial charge is 0.383 e. The van der Waals surface area contributed by atoms with Crippen LogP contribution in [-0.2, 0) is 4.74 Å². The summed E-state index contributed by atoms with van der Waals surface area (Å²) in [7, 11) is 3.61. The molecule has 0 aliphatic carbocycles. The van der Waals surface area contributed by atoms with Crippen LogP contribution in [0.1, 0.15) is 37.9 Å². The summed E-state index contributed by atoms with van der Waals surface area (Å²) in [5, 5.41) is 3.21. The number of hydrogen-bond donors (Lipinski definition) is 1. The molecule has 0 aliphatic heterocycles. The van der Waals surface area contributed by atoms with Gasteiger partial charge < -0.3 is 15.0 Å². The molecular weight excluding hydrogens is 267 g/mol. The van der Waals surface area contributed by atoms with Gasteiger partial charge in [-0.1, -0.05) is 13.8 Å². The molecule has 1 aromatic carbocycles. The smallest absolute Gasteiger partial charge is 0.126 e. The summed E-state index contributed by atoms with van der Waals surface area (Å²) in [6.45, 7) is 10.7. The third kappa shape index (κ3) is 4.97. The van der Waals surface area contributed by atoms with Crippen LogP contribution >= 0.6 is 0 Å². The van der Waals surface area contributed by atoms with E-state index in [0.717, 1.165) is 24.3 Å². The molecule has 0 heterocycles. The summed E-state index contributed by atoms with van der Waals surface area (Å²) in [6, 6.07) is 3.72. The molecule has 1 unspecified atom stereocenters. The van der Waals surface area contributed by atoms with E-state index in [2.05, 4.69) is 31.0 Å². The van der Waals surface area contributed by atoms with Gasteiger partial charge in [-0.2, -0.15) is 0 Å². The van der Waals surface area contributed by atoms with Crippen LogP contribution in [0.3, 0.4) is 0 Å². The zero-order valence-electron chi connectivity index (χ0n) is 14.2. The topological polar surface area (TPSA) is 24.5 Å². The van der Waals surface area contributed by atoms with Gasteiger partial charge in [-0.15, -0.1) is 0 Å². The quantitative estimate of drug-likeness (QED) is 0.794. The predicted octanol–water partition coefficient (Wildman–Crippen LogP) is 3.52. The Bertz CT molecular complexity index is 449. The zero-order chi connectivity index (χ0) is 16.0. The first kappa shape index (κ1) is 17.9. The molecule has 0 radical (unpaired) electrons. The van der Waals surface area contributed by atoms with E-state index in [4.69, 9.17) is 4.74 Å². The van der Waals surface area contributed by atoms with Crippen molar-refractivity contribution in [3.8, 4) is 0 Å². The number of aryl methyl sites for hydroxylation is 1. The maximum Gasteiger partial charge on any atom is 0.126 e. The standard InChI is InChI=1S/C17H29FN2O/c1-12(2)11-20(7-8-21-6)17-9-13(3)16(18)10-15(17)14(4)19-5/h9-10,12,14,19H,7-8,11H2,1-6H3. The Hall–Kier alpha value is -1.13. The van der Waals surface area contributed by atoms with Crippen molar-refractivity contribution in [3.63, 3.8) is 0 Å². The predicted molar refractivity (Wildman–Crippen MR) is 87.5 cm³/mol. The molecule has 0 aliphatic rings. The Morgan fingerprint density at radius 1 is 1.29 bits per heavy atom. The van der Waals surface area contributed by atoms with E-state index in [1.165, 1.54) is 0 Å². The van der Waals surface area contributed by atoms with E-state index >= 15 is 0 Å². The third-order valence-corrected chi connectivity index (χ3v) is 3.70. The van der Waals surface area contributed by atoms with Crippen LogP contribution in [0.25, 0.3) is 0 Å². The lowest BCUT2D eigenvalue weighted by Crippen LogP contribution is -2.32. The fourth-order valence-electron chi connectivity index (χ4n) is 2.41. The van der Waals surface area contributed by atoms with Crippen molar-refractivity contribution >= 4 is 5.69 Å². The van der Waals surface area contributed by atoms with E-state index in [-0.39, 0.29) is 11.9 Å². The summed E-state index contributed by atoms with van der Waals surface area (Å²) in [5.41, 5.74) is 2.78. The highest BCUT2D eigenvalue weighted by molar-refractivity contribution is 5.57. The van der Waals surface area contributed by atoms with Gasteiger partial charge >= 0.3 is 0 Å². The number of benzene rings is 1. The minimum absolute atomic E-state index is 0.104. The monoisotopic (exact) mass is 296 g/mol. The highest BCUT2D eigenvalue weighted by atomic mass is 19.1. The molecule has 0 aromatic heterocycles. The highest BCUT2D eigenvalue weighted by Gasteiger charge is 2.18. The molecule has 0 saturated heterocycles. The second kappa shape index (κ2) is 8.35. The summed E-state index contributed by atoms with van der Waals surface area (Å²) in [5.74, 6) is 0.386. The van der Waals surface area contributed by atoms with E-state index in [1.54, 1.807) is 13.2 Å². The van der Waals surface area contributed by atoms with Gasteiger partial charge in [-0.3, -0.25) is 0 Å². The number of nitrogens with one attached hydrogen (secondary N) is 1. The second-order valence-electron chi connectivity index (χ2n) is 6.00. The minimum Gasteiger partial charge on any atom is -0.383 e. The van der Waals surface area contributed by atoms with Crippen molar-refractivity contribution in [1.82, 2.24) is 5.32 Å². The number of methoxy groups -OCH3 is 1. The normalized spacial score (nSPS) is 12.8. The highest BCUT2D eigenvalue weighted by Crippen LogP contribution is 2.29. The molecular formula is C17H29FN2O. The lowest BCUT2D eigenvalue weighted by Gasteiger charge is -2.30. The van der Waals surface area contributed by atoms with Gasteiger partial charge in [-0.05, 0) is 50.1 Å². The molecule has 1 rings (SSSR count). The number of ether oxygens (including phenoxy) is 1. The fraction of sp³-hybridized carbons (Fsp3) is 0.647. The molecule has 0 saturated carbocycles. The van der Waals surface area contributed by atoms with Crippen LogP contribution in [0.2, 0.25) is 0 Å². The molecule has 1 N–H and O–H groups in total. The van der Waals surface area contributed by atoms with Gasteiger partial charge in [0.15, 0.2) is 0 Å². The molecule has 1 aromatic rings. The first-order valence-corrected chi connectivity index (χ1v) is 7.61. The number of halogens is 1. The van der Waals surface area contributed by atoms with Crippen molar-refractivity contribution in [1.29, 1.82) is 0 Å². The molecule has 3 nitrogen and oxygen atoms in total. The van der Waals surface area contributed by atoms with Crippen molar-refractivity contribution < 1.29 is 9.13 Å². The Labute approximate surface area is 128 Å². The Balaban J connectivity index is 3.22. The molecule has 4 heteroatoms. The van der Waals surface area contributed by atoms with Crippen molar-refractivity contribution in [2.45, 2.75) is 33.7 Å². The van der Waals surface area contributed by atoms with Gasteiger partial charge in [-0.25, -0.2) is 4.39 Å². The summed E-state index contributed by atoms with van der Waals surface area (Å²) in [6.07, 6.45) is 0. The summed E-state index contributed by atoms with van der Waals surface area (Å²) in [4.78, 5) is 2.30. The molecule has 0 spiro atoms. The summed E-state index contributed by atoms with van der Waals surface area (Å²) < 4.78 is 19.2. The average Bonchev–Trinajstić information content (AvgIpc) is 2.44. The van der Waals surface area contributed by atoms with Crippen LogP contribution in [0.15, 0.2) is 12.1 Å². The molecule has 0 bridgehead atoms. The second-order valence-corrected chi connectivity index (χ2v) is 6.00. The van der Waals surface area contributed by atoms with E-state index < -0.39 is 0 Å². The molecule has 1 atom stereocenters. The SMILES string of the molecule is CNC(C)c1cc(F)c(C)cc1N(CCOC)CC(C)C. The fourth-order valence-corrected chi connectivity index (χ4v) is 2.41. The Morgan fingerprint density at radius 2 is 1.95 bits per heavy atom. The van der Waals surface area contributed by atoms with Gasteiger partial charge in [0, 0.05) is 31.9 Å². The van der Waals surface area contributed by atoms with Crippen LogP contribution in [0.4, 0.5) is 10.1 Å². The Kier molecular flexibility index (Phi) is 7.12. The van der Waals surface area contributed by atoms with E-state index in [0.29, 0.717) is 18.1 Å². The maximum atomic E-state index is 14.0. The van der Waals surface area contributed by atoms with Crippen LogP contribution in [0.5, 0.6) is 0 Å². The van der Waals surface area contributed by atoms with Crippen molar-refractivity contribution in [2.75, 3.05) is 38.8 Å². The van der Waals surface area contributed by atoms with Crippen molar-refractivity contribution in [2.24, 2.45) is 5.92 Å². The van der Waals surface area contributed by atoms with Crippen LogP contribution in [-0.4, -0.2) is 33.9 Å². The number of nitrogens with zero attached hydrogens (tertiary/aromatic N) is 1. The first-order valence-electron chi connectivity index (χ1n) is 7.61. The van der Waals surface area contributed by atoms with Gasteiger partial charge in [0.2, 0.25) is 0 Å². The molecule has 120 valence electrons. The Morgan fingerprint density at radius 3 is 2.48 bits per heavy atom. The number of anilines is 1. The first-order chi connectivity index (χ1) is 9.90. The van der Waals surface area contributed by atoms with Gasteiger partial charge in [0.05, 0.1) is 6.61 Å². The summed E-state index contributed by atoms with van der Waals surface area (Å²) >= 11 is 0. The lowest BCUT2D eigenvalue weighted by atomic mass is 10.0. The van der Waals surface area contributed by atoms with Crippen LogP contribution < -0.4 is 10.2 Å². The lowest BCUT2D eigenvalue weighted by molar-refractivity contribution is 0.204. The van der Waals surface area contributed by atoms with E-state index in [1.807, 2.05) is 20.0 Å². The zero-order valence-corrected chi connectivity index (χ0v) is 14.2. The van der Waals surface area contributed by atoms with E-state index in [9.17, 15) is 4.39 Å². The maximum absolute atomic E-state index is 14.0. The molecule has 21 heavy (non-hydrogen) atoms.